The van der Waals surface area contributed by atoms with Gasteiger partial charge in [-0.05, 0) is 43.4 Å². The summed E-state index contributed by atoms with van der Waals surface area (Å²) in [5, 5.41) is 5.17. The number of hydrogen-bond acceptors (Lipinski definition) is 6. The second kappa shape index (κ2) is 10.4. The first kappa shape index (κ1) is 22.0. The van der Waals surface area contributed by atoms with Gasteiger partial charge in [0, 0.05) is 24.2 Å². The van der Waals surface area contributed by atoms with Gasteiger partial charge in [-0.15, -0.1) is 0 Å². The zero-order valence-electron chi connectivity index (χ0n) is 17.8. The Morgan fingerprint density at radius 3 is 2.71 bits per heavy atom. The summed E-state index contributed by atoms with van der Waals surface area (Å²) in [6.45, 7) is 2.53. The normalized spacial score (nSPS) is 15.4. The fourth-order valence-corrected chi connectivity index (χ4v) is 6.17. The van der Waals surface area contributed by atoms with Gasteiger partial charge in [-0.25, -0.2) is 9.97 Å². The van der Waals surface area contributed by atoms with Gasteiger partial charge in [0.15, 0.2) is 5.16 Å². The first-order valence-electron chi connectivity index (χ1n) is 11.0. The van der Waals surface area contributed by atoms with Crippen LogP contribution >= 0.6 is 23.3 Å². The molecule has 3 aromatic rings. The van der Waals surface area contributed by atoms with Gasteiger partial charge >= 0.3 is 0 Å². The van der Waals surface area contributed by atoms with Gasteiger partial charge in [0.05, 0.1) is 10.1 Å². The number of amides is 1. The number of nitrogens with one attached hydrogen (secondary N) is 1. The van der Waals surface area contributed by atoms with E-state index in [1.54, 1.807) is 15.7 Å². The lowest BCUT2D eigenvalue weighted by molar-refractivity contribution is -0.124. The van der Waals surface area contributed by atoms with Gasteiger partial charge in [0.25, 0.3) is 5.56 Å². The lowest BCUT2D eigenvalue weighted by Crippen LogP contribution is -2.36. The fourth-order valence-electron chi connectivity index (χ4n) is 3.96. The summed E-state index contributed by atoms with van der Waals surface area (Å²) >= 11 is 3.14. The van der Waals surface area contributed by atoms with Crippen molar-refractivity contribution in [2.45, 2.75) is 68.3 Å². The predicted molar refractivity (Wildman–Crippen MR) is 127 cm³/mol. The third-order valence-electron chi connectivity index (χ3n) is 5.63. The summed E-state index contributed by atoms with van der Waals surface area (Å²) < 4.78 is 2.54. The maximum absolute atomic E-state index is 12.9. The summed E-state index contributed by atoms with van der Waals surface area (Å²) in [7, 11) is 0. The number of thioether (sulfide) groups is 1. The zero-order chi connectivity index (χ0) is 21.6. The van der Waals surface area contributed by atoms with Crippen molar-refractivity contribution < 1.29 is 4.79 Å². The van der Waals surface area contributed by atoms with Crippen molar-refractivity contribution in [3.8, 4) is 0 Å². The van der Waals surface area contributed by atoms with Gasteiger partial charge in [0.2, 0.25) is 5.91 Å². The lowest BCUT2D eigenvalue weighted by atomic mass is 10.1. The molecule has 1 atom stereocenters. The molecule has 2 aromatic heterocycles. The molecule has 31 heavy (non-hydrogen) atoms. The highest BCUT2D eigenvalue weighted by atomic mass is 32.2. The van der Waals surface area contributed by atoms with E-state index in [1.807, 2.05) is 43.6 Å². The Bertz CT molecular complexity index is 1070. The highest BCUT2D eigenvalue weighted by molar-refractivity contribution is 7.99. The molecule has 6 nitrogen and oxygen atoms in total. The Morgan fingerprint density at radius 2 is 2.00 bits per heavy atom. The SMILES string of the molecule is CCCC(C(=O)NCCc1cnc(SC2CCCC2)nc1)n1sc2ccccc2c1=O. The fraction of sp³-hybridized carbons (Fsp3) is 0.478. The van der Waals surface area contributed by atoms with Crippen LogP contribution in [-0.4, -0.2) is 31.6 Å². The van der Waals surface area contributed by atoms with E-state index in [1.165, 1.54) is 37.2 Å². The van der Waals surface area contributed by atoms with Crippen molar-refractivity contribution >= 4 is 39.3 Å². The Morgan fingerprint density at radius 1 is 1.26 bits per heavy atom. The number of carbonyl (C=O) groups excluding carboxylic acids is 1. The smallest absolute Gasteiger partial charge is 0.269 e. The molecule has 2 heterocycles. The topological polar surface area (TPSA) is 76.9 Å². The zero-order valence-corrected chi connectivity index (χ0v) is 19.4. The molecule has 0 spiro atoms. The highest BCUT2D eigenvalue weighted by Gasteiger charge is 2.23. The molecule has 1 aliphatic carbocycles. The molecule has 1 fully saturated rings. The molecular formula is C23H28N4O2S2. The maximum Gasteiger partial charge on any atom is 0.269 e. The lowest BCUT2D eigenvalue weighted by Gasteiger charge is -2.16. The Labute approximate surface area is 190 Å². The monoisotopic (exact) mass is 456 g/mol. The largest absolute Gasteiger partial charge is 0.354 e. The summed E-state index contributed by atoms with van der Waals surface area (Å²) in [6, 6.07) is 7.04. The number of nitrogens with zero attached hydrogens (tertiary/aromatic N) is 3. The number of fused-ring (bicyclic) bond motifs is 1. The van der Waals surface area contributed by atoms with Crippen LogP contribution in [0.15, 0.2) is 46.6 Å². The summed E-state index contributed by atoms with van der Waals surface area (Å²) in [4.78, 5) is 34.6. The van der Waals surface area contributed by atoms with Crippen LogP contribution in [0.3, 0.4) is 0 Å². The molecular weight excluding hydrogens is 428 g/mol. The van der Waals surface area contributed by atoms with Gasteiger partial charge in [0.1, 0.15) is 6.04 Å². The molecule has 1 N–H and O–H groups in total. The average molecular weight is 457 g/mol. The van der Waals surface area contributed by atoms with E-state index in [-0.39, 0.29) is 11.5 Å². The molecule has 1 amide bonds. The van der Waals surface area contributed by atoms with E-state index in [0.717, 1.165) is 21.8 Å². The Hall–Kier alpha value is -2.19. The van der Waals surface area contributed by atoms with Crippen LogP contribution in [0.5, 0.6) is 0 Å². The van der Waals surface area contributed by atoms with Gasteiger partial charge in [-0.1, -0.05) is 61.6 Å². The quantitative estimate of drug-likeness (QED) is 0.477. The molecule has 164 valence electrons. The second-order valence-electron chi connectivity index (χ2n) is 7.96. The summed E-state index contributed by atoms with van der Waals surface area (Å²) in [6.07, 6.45) is 11.0. The van der Waals surface area contributed by atoms with Gasteiger partial charge in [-0.2, -0.15) is 0 Å². The van der Waals surface area contributed by atoms with E-state index in [4.69, 9.17) is 0 Å². The van der Waals surface area contributed by atoms with Crippen molar-refractivity contribution in [3.63, 3.8) is 0 Å². The molecule has 0 bridgehead atoms. The molecule has 1 aliphatic rings. The van der Waals surface area contributed by atoms with Crippen molar-refractivity contribution in [2.75, 3.05) is 6.54 Å². The van der Waals surface area contributed by atoms with E-state index < -0.39 is 6.04 Å². The second-order valence-corrected chi connectivity index (χ2v) is 10.2. The third kappa shape index (κ3) is 5.36. The number of rotatable bonds is 9. The molecule has 0 saturated heterocycles. The van der Waals surface area contributed by atoms with Crippen LogP contribution in [0.2, 0.25) is 0 Å². The number of hydrogen-bond donors (Lipinski definition) is 1. The van der Waals surface area contributed by atoms with Crippen molar-refractivity contribution in [3.05, 3.63) is 52.6 Å². The van der Waals surface area contributed by atoms with Crippen LogP contribution in [0, 0.1) is 0 Å². The molecule has 1 saturated carbocycles. The number of carbonyl (C=O) groups is 1. The van der Waals surface area contributed by atoms with Gasteiger partial charge < -0.3 is 5.32 Å². The minimum atomic E-state index is -0.476. The van der Waals surface area contributed by atoms with Crippen LogP contribution < -0.4 is 10.9 Å². The maximum atomic E-state index is 12.9. The Balaban J connectivity index is 1.35. The van der Waals surface area contributed by atoms with E-state index in [2.05, 4.69) is 15.3 Å². The first-order valence-corrected chi connectivity index (χ1v) is 12.7. The van der Waals surface area contributed by atoms with E-state index >= 15 is 0 Å². The van der Waals surface area contributed by atoms with Crippen molar-refractivity contribution in [1.29, 1.82) is 0 Å². The third-order valence-corrected chi connectivity index (χ3v) is 8.03. The number of benzene rings is 1. The van der Waals surface area contributed by atoms with Gasteiger partial charge in [-0.3, -0.25) is 13.5 Å². The van der Waals surface area contributed by atoms with Crippen molar-refractivity contribution in [1.82, 2.24) is 19.2 Å². The summed E-state index contributed by atoms with van der Waals surface area (Å²) in [5.41, 5.74) is 0.917. The van der Waals surface area contributed by atoms with Crippen LogP contribution in [-0.2, 0) is 11.2 Å². The molecule has 1 unspecified atom stereocenters. The Kier molecular flexibility index (Phi) is 7.40. The minimum absolute atomic E-state index is 0.0852. The number of aromatic nitrogens is 3. The molecule has 0 aliphatic heterocycles. The molecule has 1 aromatic carbocycles. The molecule has 8 heteroatoms. The highest BCUT2D eigenvalue weighted by Crippen LogP contribution is 2.32. The standard InChI is InChI=1S/C23H28N4O2S2/c1-2-7-19(27-22(29)18-10-5-6-11-20(18)31-27)21(28)24-13-12-16-14-25-23(26-15-16)30-17-8-3-4-9-17/h5-6,10-11,14-15,17,19H,2-4,7-9,12-13H2,1H3,(H,24,28). The first-order chi connectivity index (χ1) is 15.2. The van der Waals surface area contributed by atoms with Crippen molar-refractivity contribution in [2.24, 2.45) is 0 Å². The summed E-state index contributed by atoms with van der Waals surface area (Å²) in [5.74, 6) is -0.107. The molecule has 4 rings (SSSR count). The predicted octanol–water partition coefficient (Wildman–Crippen LogP) is 4.59. The van der Waals surface area contributed by atoms with Crippen LogP contribution in [0.4, 0.5) is 0 Å². The van der Waals surface area contributed by atoms with Crippen LogP contribution in [0.25, 0.3) is 10.1 Å². The van der Waals surface area contributed by atoms with E-state index in [9.17, 15) is 9.59 Å². The van der Waals surface area contributed by atoms with E-state index in [0.29, 0.717) is 30.0 Å². The average Bonchev–Trinajstić information content (AvgIpc) is 3.41. The molecule has 0 radical (unpaired) electrons. The minimum Gasteiger partial charge on any atom is -0.354 e. The van der Waals surface area contributed by atoms with Crippen LogP contribution in [0.1, 0.15) is 57.1 Å².